The summed E-state index contributed by atoms with van der Waals surface area (Å²) in [5.74, 6) is 0.854. The fourth-order valence-corrected chi connectivity index (χ4v) is 3.25. The van der Waals surface area contributed by atoms with Gasteiger partial charge in [0.25, 0.3) is 5.91 Å². The molecule has 1 heterocycles. The molecule has 0 radical (unpaired) electrons. The molecule has 0 fully saturated rings. The van der Waals surface area contributed by atoms with Gasteiger partial charge in [-0.05, 0) is 53.8 Å². The Labute approximate surface area is 165 Å². The smallest absolute Gasteiger partial charge is 0.255 e. The molecular formula is C19H19IN2O4. The zero-order chi connectivity index (χ0) is 18.5. The number of hydrogen-bond donors (Lipinski definition) is 1. The molecule has 6 nitrogen and oxygen atoms in total. The highest BCUT2D eigenvalue weighted by molar-refractivity contribution is 14.1. The third-order valence-corrected chi connectivity index (χ3v) is 4.87. The summed E-state index contributed by atoms with van der Waals surface area (Å²) in [5, 5.41) is 2.81. The lowest BCUT2D eigenvalue weighted by atomic mass is 10.2. The highest BCUT2D eigenvalue weighted by Crippen LogP contribution is 2.32. The first kappa shape index (κ1) is 18.5. The molecule has 0 saturated heterocycles. The Morgan fingerprint density at radius 1 is 1.12 bits per heavy atom. The van der Waals surface area contributed by atoms with Crippen molar-refractivity contribution < 1.29 is 19.1 Å². The number of nitrogens with zero attached hydrogens (tertiary/aromatic N) is 1. The number of benzene rings is 2. The lowest BCUT2D eigenvalue weighted by Gasteiger charge is -2.22. The summed E-state index contributed by atoms with van der Waals surface area (Å²) >= 11 is 2.12. The van der Waals surface area contributed by atoms with Gasteiger partial charge in [-0.1, -0.05) is 12.1 Å². The fraction of sp³-hybridized carbons (Fsp3) is 0.263. The van der Waals surface area contributed by atoms with Gasteiger partial charge in [0.05, 0.1) is 5.56 Å². The van der Waals surface area contributed by atoms with Gasteiger partial charge < -0.3 is 19.7 Å². The summed E-state index contributed by atoms with van der Waals surface area (Å²) in [4.78, 5) is 26.6. The number of carbonyl (C=O) groups excluding carboxylic acids is 2. The number of hydrogen-bond acceptors (Lipinski definition) is 4. The third kappa shape index (κ3) is 4.27. The van der Waals surface area contributed by atoms with Gasteiger partial charge >= 0.3 is 0 Å². The van der Waals surface area contributed by atoms with Crippen LogP contribution in [-0.4, -0.2) is 43.0 Å². The van der Waals surface area contributed by atoms with E-state index >= 15 is 0 Å². The lowest BCUT2D eigenvalue weighted by molar-refractivity contribution is -0.116. The monoisotopic (exact) mass is 466 g/mol. The van der Waals surface area contributed by atoms with E-state index in [4.69, 9.17) is 9.47 Å². The second-order valence-electron chi connectivity index (χ2n) is 5.71. The Bertz CT molecular complexity index is 825. The normalized spacial score (nSPS) is 12.4. The van der Waals surface area contributed by atoms with Crippen LogP contribution in [0, 0.1) is 3.57 Å². The van der Waals surface area contributed by atoms with E-state index in [-0.39, 0.29) is 18.4 Å². The van der Waals surface area contributed by atoms with Crippen molar-refractivity contribution in [2.45, 2.75) is 6.92 Å². The number of nitrogens with one attached hydrogen (secondary N) is 1. The summed E-state index contributed by atoms with van der Waals surface area (Å²) in [6, 6.07) is 12.6. The highest BCUT2D eigenvalue weighted by Gasteiger charge is 2.20. The van der Waals surface area contributed by atoms with Crippen molar-refractivity contribution in [3.8, 4) is 11.5 Å². The number of halogens is 1. The van der Waals surface area contributed by atoms with Crippen LogP contribution in [0.15, 0.2) is 42.5 Å². The third-order valence-electron chi connectivity index (χ3n) is 3.93. The van der Waals surface area contributed by atoms with Crippen molar-refractivity contribution in [1.29, 1.82) is 0 Å². The predicted octanol–water partition coefficient (Wildman–Crippen LogP) is 3.16. The number of carbonyl (C=O) groups is 2. The average Bonchev–Trinajstić information content (AvgIpc) is 2.66. The van der Waals surface area contributed by atoms with E-state index in [9.17, 15) is 9.59 Å². The maximum atomic E-state index is 12.7. The van der Waals surface area contributed by atoms with Gasteiger partial charge in [-0.25, -0.2) is 0 Å². The molecule has 136 valence electrons. The Hall–Kier alpha value is -2.29. The lowest BCUT2D eigenvalue weighted by Crippen LogP contribution is -2.38. The van der Waals surface area contributed by atoms with Crippen molar-refractivity contribution in [2.24, 2.45) is 0 Å². The molecule has 1 N–H and O–H groups in total. The second-order valence-corrected chi connectivity index (χ2v) is 6.87. The van der Waals surface area contributed by atoms with Gasteiger partial charge in [-0.15, -0.1) is 0 Å². The van der Waals surface area contributed by atoms with Gasteiger partial charge in [0, 0.05) is 21.9 Å². The highest BCUT2D eigenvalue weighted by atomic mass is 127. The van der Waals surface area contributed by atoms with Crippen LogP contribution in [0.2, 0.25) is 0 Å². The second kappa shape index (κ2) is 8.39. The molecule has 3 rings (SSSR count). The van der Waals surface area contributed by atoms with E-state index in [1.54, 1.807) is 24.3 Å². The van der Waals surface area contributed by atoms with Crippen molar-refractivity contribution in [3.63, 3.8) is 0 Å². The topological polar surface area (TPSA) is 67.9 Å². The predicted molar refractivity (Wildman–Crippen MR) is 107 cm³/mol. The summed E-state index contributed by atoms with van der Waals surface area (Å²) in [5.41, 5.74) is 1.21. The van der Waals surface area contributed by atoms with Crippen LogP contribution in [0.5, 0.6) is 11.5 Å². The molecule has 0 atom stereocenters. The number of amides is 2. The Balaban J connectivity index is 1.66. The number of fused-ring (bicyclic) bond motifs is 1. The molecule has 0 aromatic heterocycles. The van der Waals surface area contributed by atoms with Crippen molar-refractivity contribution in [2.75, 3.05) is 31.6 Å². The van der Waals surface area contributed by atoms with E-state index in [1.807, 2.05) is 25.1 Å². The first-order chi connectivity index (χ1) is 12.6. The average molecular weight is 466 g/mol. The molecule has 7 heteroatoms. The molecule has 0 unspecified atom stereocenters. The van der Waals surface area contributed by atoms with Crippen molar-refractivity contribution in [1.82, 2.24) is 4.90 Å². The maximum absolute atomic E-state index is 12.7. The van der Waals surface area contributed by atoms with Crippen LogP contribution >= 0.6 is 22.6 Å². The summed E-state index contributed by atoms with van der Waals surface area (Å²) < 4.78 is 11.8. The zero-order valence-electron chi connectivity index (χ0n) is 14.3. The largest absolute Gasteiger partial charge is 0.486 e. The molecule has 1 aliphatic heterocycles. The van der Waals surface area contributed by atoms with Gasteiger partial charge in [-0.3, -0.25) is 9.59 Å². The van der Waals surface area contributed by atoms with Gasteiger partial charge in [0.1, 0.15) is 19.8 Å². The van der Waals surface area contributed by atoms with Crippen LogP contribution < -0.4 is 14.8 Å². The van der Waals surface area contributed by atoms with E-state index in [1.165, 1.54) is 4.90 Å². The van der Waals surface area contributed by atoms with Crippen LogP contribution in [0.3, 0.4) is 0 Å². The van der Waals surface area contributed by atoms with Gasteiger partial charge in [0.2, 0.25) is 5.91 Å². The number of ether oxygens (including phenoxy) is 2. The van der Waals surface area contributed by atoms with Crippen LogP contribution in [0.25, 0.3) is 0 Å². The minimum atomic E-state index is -0.261. The van der Waals surface area contributed by atoms with Gasteiger partial charge in [-0.2, -0.15) is 0 Å². The summed E-state index contributed by atoms with van der Waals surface area (Å²) in [6.45, 7) is 3.28. The van der Waals surface area contributed by atoms with Gasteiger partial charge in [0.15, 0.2) is 11.5 Å². The quantitative estimate of drug-likeness (QED) is 0.688. The number of anilines is 1. The molecule has 1 aliphatic rings. The number of likely N-dealkylation sites (N-methyl/N-ethyl adjacent to an activating group) is 1. The standard InChI is InChI=1S/C19H19IN2O4/c1-2-22(19(24)14-5-3-4-6-15(14)20)12-18(23)21-13-7-8-16-17(11-13)26-10-9-25-16/h3-8,11H,2,9-10,12H2,1H3,(H,21,23). The van der Waals surface area contributed by atoms with E-state index in [0.717, 1.165) is 3.57 Å². The molecule has 0 aliphatic carbocycles. The Kier molecular flexibility index (Phi) is 5.97. The molecule has 2 aromatic rings. The van der Waals surface area contributed by atoms with Crippen molar-refractivity contribution >= 4 is 40.1 Å². The van der Waals surface area contributed by atoms with E-state index in [2.05, 4.69) is 27.9 Å². The van der Waals surface area contributed by atoms with E-state index < -0.39 is 0 Å². The van der Waals surface area contributed by atoms with Crippen LogP contribution in [0.4, 0.5) is 5.69 Å². The molecule has 26 heavy (non-hydrogen) atoms. The molecular weight excluding hydrogens is 447 g/mol. The fourth-order valence-electron chi connectivity index (χ4n) is 2.63. The molecule has 2 aromatic carbocycles. The van der Waals surface area contributed by atoms with Crippen LogP contribution in [-0.2, 0) is 4.79 Å². The molecule has 0 bridgehead atoms. The Morgan fingerprint density at radius 3 is 2.58 bits per heavy atom. The first-order valence-electron chi connectivity index (χ1n) is 8.31. The first-order valence-corrected chi connectivity index (χ1v) is 9.39. The Morgan fingerprint density at radius 2 is 1.85 bits per heavy atom. The van der Waals surface area contributed by atoms with Crippen LogP contribution in [0.1, 0.15) is 17.3 Å². The molecule has 2 amide bonds. The van der Waals surface area contributed by atoms with E-state index in [0.29, 0.717) is 42.5 Å². The summed E-state index contributed by atoms with van der Waals surface area (Å²) in [6.07, 6.45) is 0. The molecule has 0 saturated carbocycles. The minimum absolute atomic E-state index is 0.0191. The minimum Gasteiger partial charge on any atom is -0.486 e. The maximum Gasteiger partial charge on any atom is 0.255 e. The number of rotatable bonds is 5. The van der Waals surface area contributed by atoms with Crippen molar-refractivity contribution in [3.05, 3.63) is 51.6 Å². The summed E-state index contributed by atoms with van der Waals surface area (Å²) in [7, 11) is 0. The zero-order valence-corrected chi connectivity index (χ0v) is 16.5. The molecule has 0 spiro atoms. The SMILES string of the molecule is CCN(CC(=O)Nc1ccc2c(c1)OCCO2)C(=O)c1ccccc1I.